The zero-order chi connectivity index (χ0) is 9.97. The molecule has 0 amide bonds. The molecule has 1 aliphatic carbocycles. The molecule has 0 saturated heterocycles. The Labute approximate surface area is 95.7 Å². The molecule has 78 valence electrons. The maximum Gasteiger partial charge on any atom is 0.175 e. The lowest BCUT2D eigenvalue weighted by molar-refractivity contribution is 0.188. The first-order valence-corrected chi connectivity index (χ1v) is 7.44. The van der Waals surface area contributed by atoms with Crippen LogP contribution in [0.4, 0.5) is 0 Å². The zero-order valence-corrected chi connectivity index (χ0v) is 10.3. The molecular formula is C8H12N2OS3. The molecule has 0 spiro atoms. The molecule has 1 aromatic heterocycles. The first-order chi connectivity index (χ1) is 6.79. The van der Waals surface area contributed by atoms with Crippen molar-refractivity contribution in [2.75, 3.05) is 6.26 Å². The number of aliphatic hydroxyl groups is 1. The maximum absolute atomic E-state index is 9.64. The van der Waals surface area contributed by atoms with Crippen molar-refractivity contribution in [2.45, 2.75) is 39.3 Å². The summed E-state index contributed by atoms with van der Waals surface area (Å²) in [5.74, 6) is 0. The van der Waals surface area contributed by atoms with E-state index in [0.717, 1.165) is 27.9 Å². The van der Waals surface area contributed by atoms with Crippen LogP contribution in [0.5, 0.6) is 0 Å². The Balaban J connectivity index is 1.96. The van der Waals surface area contributed by atoms with Crippen LogP contribution in [0.3, 0.4) is 0 Å². The van der Waals surface area contributed by atoms with Crippen molar-refractivity contribution in [3.63, 3.8) is 0 Å². The van der Waals surface area contributed by atoms with E-state index in [1.807, 2.05) is 6.26 Å². The third-order valence-corrected chi connectivity index (χ3v) is 5.60. The van der Waals surface area contributed by atoms with Crippen molar-refractivity contribution in [1.29, 1.82) is 0 Å². The number of hydrogen-bond acceptors (Lipinski definition) is 6. The first kappa shape index (κ1) is 10.7. The smallest absolute Gasteiger partial charge is 0.175 e. The lowest BCUT2D eigenvalue weighted by Gasteiger charge is -2.10. The molecule has 6 heteroatoms. The topological polar surface area (TPSA) is 46.0 Å². The minimum atomic E-state index is -0.151. The van der Waals surface area contributed by atoms with Gasteiger partial charge in [-0.05, 0) is 25.5 Å². The Bertz CT molecular complexity index is 305. The highest BCUT2D eigenvalue weighted by atomic mass is 32.2. The molecular weight excluding hydrogens is 236 g/mol. The largest absolute Gasteiger partial charge is 0.392 e. The van der Waals surface area contributed by atoms with Crippen molar-refractivity contribution >= 4 is 34.9 Å². The molecule has 0 aromatic carbocycles. The lowest BCUT2D eigenvalue weighted by atomic mass is 10.3. The summed E-state index contributed by atoms with van der Waals surface area (Å²) in [5.41, 5.74) is 0. The van der Waals surface area contributed by atoms with E-state index >= 15 is 0 Å². The number of nitrogens with zero attached hydrogens (tertiary/aromatic N) is 2. The van der Waals surface area contributed by atoms with E-state index in [4.69, 9.17) is 0 Å². The molecule has 0 bridgehead atoms. The van der Waals surface area contributed by atoms with Gasteiger partial charge in [0.2, 0.25) is 0 Å². The highest BCUT2D eigenvalue weighted by Gasteiger charge is 2.27. The van der Waals surface area contributed by atoms with E-state index in [-0.39, 0.29) is 6.10 Å². The SMILES string of the molecule is CSc1nnc(S[C@@H]2CCC[C@H]2O)s1. The molecule has 1 aliphatic rings. The van der Waals surface area contributed by atoms with Crippen LogP contribution in [-0.4, -0.2) is 32.9 Å². The van der Waals surface area contributed by atoms with Crippen molar-refractivity contribution in [3.05, 3.63) is 0 Å². The second-order valence-corrected chi connectivity index (χ2v) is 6.71. The van der Waals surface area contributed by atoms with Gasteiger partial charge in [0.25, 0.3) is 0 Å². The zero-order valence-electron chi connectivity index (χ0n) is 7.84. The molecule has 1 heterocycles. The van der Waals surface area contributed by atoms with Gasteiger partial charge < -0.3 is 5.11 Å². The van der Waals surface area contributed by atoms with E-state index in [0.29, 0.717) is 5.25 Å². The van der Waals surface area contributed by atoms with E-state index < -0.39 is 0 Å². The molecule has 1 aromatic rings. The fourth-order valence-electron chi connectivity index (χ4n) is 1.50. The summed E-state index contributed by atoms with van der Waals surface area (Å²) >= 11 is 4.91. The van der Waals surface area contributed by atoms with Crippen LogP contribution < -0.4 is 0 Å². The van der Waals surface area contributed by atoms with Crippen LogP contribution in [0.25, 0.3) is 0 Å². The molecule has 3 nitrogen and oxygen atoms in total. The molecule has 1 N–H and O–H groups in total. The first-order valence-electron chi connectivity index (χ1n) is 4.52. The number of aliphatic hydroxyl groups excluding tert-OH is 1. The number of thioether (sulfide) groups is 2. The van der Waals surface area contributed by atoms with Gasteiger partial charge in [-0.25, -0.2) is 0 Å². The van der Waals surface area contributed by atoms with Crippen LogP contribution in [-0.2, 0) is 0 Å². The Morgan fingerprint density at radius 2 is 2.14 bits per heavy atom. The Morgan fingerprint density at radius 3 is 2.71 bits per heavy atom. The lowest BCUT2D eigenvalue weighted by Crippen LogP contribution is -2.14. The predicted molar refractivity (Wildman–Crippen MR) is 61.2 cm³/mol. The van der Waals surface area contributed by atoms with Crippen LogP contribution in [0, 0.1) is 0 Å². The third kappa shape index (κ3) is 2.42. The second kappa shape index (κ2) is 4.83. The van der Waals surface area contributed by atoms with Crippen LogP contribution in [0.15, 0.2) is 8.68 Å². The highest BCUT2D eigenvalue weighted by Crippen LogP contribution is 2.37. The summed E-state index contributed by atoms with van der Waals surface area (Å²) in [6.07, 6.45) is 5.01. The molecule has 1 fully saturated rings. The van der Waals surface area contributed by atoms with Crippen LogP contribution in [0.1, 0.15) is 19.3 Å². The van der Waals surface area contributed by atoms with Gasteiger partial charge in [-0.3, -0.25) is 0 Å². The predicted octanol–water partition coefficient (Wildman–Crippen LogP) is 2.27. The minimum Gasteiger partial charge on any atom is -0.392 e. The van der Waals surface area contributed by atoms with Crippen LogP contribution >= 0.6 is 34.9 Å². The molecule has 1 saturated carbocycles. The summed E-state index contributed by atoms with van der Waals surface area (Å²) in [5, 5.41) is 18.1. The van der Waals surface area contributed by atoms with Crippen molar-refractivity contribution < 1.29 is 5.11 Å². The van der Waals surface area contributed by atoms with Gasteiger partial charge in [0.05, 0.1) is 6.10 Å². The van der Waals surface area contributed by atoms with Crippen molar-refractivity contribution in [1.82, 2.24) is 10.2 Å². The molecule has 0 radical (unpaired) electrons. The Morgan fingerprint density at radius 1 is 1.36 bits per heavy atom. The molecule has 2 rings (SSSR count). The highest BCUT2D eigenvalue weighted by molar-refractivity contribution is 8.03. The van der Waals surface area contributed by atoms with E-state index in [1.165, 1.54) is 0 Å². The van der Waals surface area contributed by atoms with Gasteiger partial charge >= 0.3 is 0 Å². The summed E-state index contributed by atoms with van der Waals surface area (Å²) in [4.78, 5) is 0. The van der Waals surface area contributed by atoms with E-state index in [1.54, 1.807) is 34.9 Å². The van der Waals surface area contributed by atoms with Gasteiger partial charge in [-0.2, -0.15) is 0 Å². The van der Waals surface area contributed by atoms with Gasteiger partial charge in [0, 0.05) is 5.25 Å². The monoisotopic (exact) mass is 248 g/mol. The average Bonchev–Trinajstić information content (AvgIpc) is 2.77. The summed E-state index contributed by atoms with van der Waals surface area (Å²) < 4.78 is 1.99. The standard InChI is InChI=1S/C8H12N2OS3/c1-12-7-9-10-8(14-7)13-6-4-2-3-5(6)11/h5-6,11H,2-4H2,1H3/t5-,6-/m1/s1. The fraction of sp³-hybridized carbons (Fsp3) is 0.750. The van der Waals surface area contributed by atoms with Gasteiger partial charge in [0.1, 0.15) is 0 Å². The Hall–Kier alpha value is 0.220. The Kier molecular flexibility index (Phi) is 3.70. The molecule has 0 aliphatic heterocycles. The van der Waals surface area contributed by atoms with Gasteiger partial charge in [-0.15, -0.1) is 10.2 Å². The van der Waals surface area contributed by atoms with Gasteiger partial charge in [0.15, 0.2) is 8.68 Å². The van der Waals surface area contributed by atoms with Crippen LogP contribution in [0.2, 0.25) is 0 Å². The number of hydrogen-bond donors (Lipinski definition) is 1. The molecule has 0 unspecified atom stereocenters. The quantitative estimate of drug-likeness (QED) is 0.831. The van der Waals surface area contributed by atoms with E-state index in [2.05, 4.69) is 10.2 Å². The molecule has 2 atom stereocenters. The maximum atomic E-state index is 9.64. The normalized spacial score (nSPS) is 27.0. The van der Waals surface area contributed by atoms with Crippen molar-refractivity contribution in [3.8, 4) is 0 Å². The number of rotatable bonds is 3. The summed E-state index contributed by atoms with van der Waals surface area (Å²) in [7, 11) is 0. The minimum absolute atomic E-state index is 0.151. The average molecular weight is 248 g/mol. The summed E-state index contributed by atoms with van der Waals surface area (Å²) in [6, 6.07) is 0. The number of aromatic nitrogens is 2. The molecule has 14 heavy (non-hydrogen) atoms. The summed E-state index contributed by atoms with van der Waals surface area (Å²) in [6.45, 7) is 0. The van der Waals surface area contributed by atoms with Gasteiger partial charge in [-0.1, -0.05) is 34.9 Å². The van der Waals surface area contributed by atoms with E-state index in [9.17, 15) is 5.11 Å². The third-order valence-electron chi connectivity index (χ3n) is 2.23. The second-order valence-electron chi connectivity index (χ2n) is 3.19. The van der Waals surface area contributed by atoms with Crippen molar-refractivity contribution in [2.24, 2.45) is 0 Å². The fourth-order valence-corrected chi connectivity index (χ4v) is 4.39.